The molecular formula is C17H22N6OS. The van der Waals surface area contributed by atoms with E-state index in [0.29, 0.717) is 5.69 Å². The van der Waals surface area contributed by atoms with Crippen molar-refractivity contribution in [1.82, 2.24) is 29.4 Å². The fourth-order valence-electron chi connectivity index (χ4n) is 3.23. The van der Waals surface area contributed by atoms with Gasteiger partial charge in [0.1, 0.15) is 6.10 Å². The molecule has 0 unspecified atom stereocenters. The maximum absolute atomic E-state index is 10.6. The molecule has 0 saturated heterocycles. The Labute approximate surface area is 150 Å². The molecule has 0 fully saturated rings. The van der Waals surface area contributed by atoms with Crippen LogP contribution in [0.3, 0.4) is 0 Å². The topological polar surface area (TPSA) is 72.0 Å². The van der Waals surface area contributed by atoms with Crippen molar-refractivity contribution in [1.29, 1.82) is 0 Å². The average molecular weight is 358 g/mol. The number of nitrogens with zero attached hydrogens (tertiary/aromatic N) is 6. The van der Waals surface area contributed by atoms with E-state index >= 15 is 0 Å². The van der Waals surface area contributed by atoms with Crippen molar-refractivity contribution in [3.63, 3.8) is 0 Å². The van der Waals surface area contributed by atoms with E-state index in [9.17, 15) is 5.11 Å². The molecule has 25 heavy (non-hydrogen) atoms. The molecule has 4 heterocycles. The number of aryl methyl sites for hydroxylation is 2. The van der Waals surface area contributed by atoms with Crippen LogP contribution in [0.5, 0.6) is 0 Å². The lowest BCUT2D eigenvalue weighted by Crippen LogP contribution is -2.33. The minimum Gasteiger partial charge on any atom is -0.380 e. The average Bonchev–Trinajstić information content (AvgIpc) is 3.33. The molecular weight excluding hydrogens is 336 g/mol. The van der Waals surface area contributed by atoms with E-state index in [-0.39, 0.29) is 0 Å². The van der Waals surface area contributed by atoms with Crippen LogP contribution in [0.2, 0.25) is 0 Å². The molecule has 1 aliphatic rings. The van der Waals surface area contributed by atoms with Gasteiger partial charge in [-0.05, 0) is 18.6 Å². The Hall–Kier alpha value is -2.03. The van der Waals surface area contributed by atoms with E-state index in [1.54, 1.807) is 22.2 Å². The molecule has 0 spiro atoms. The highest BCUT2D eigenvalue weighted by Gasteiger charge is 2.23. The highest BCUT2D eigenvalue weighted by molar-refractivity contribution is 7.09. The first-order chi connectivity index (χ1) is 12.1. The van der Waals surface area contributed by atoms with E-state index in [2.05, 4.69) is 32.4 Å². The number of hydrogen-bond acceptors (Lipinski definition) is 6. The lowest BCUT2D eigenvalue weighted by atomic mass is 10.1. The molecule has 0 aliphatic carbocycles. The first-order valence-electron chi connectivity index (χ1n) is 8.52. The Morgan fingerprint density at radius 1 is 1.36 bits per heavy atom. The number of thiazole rings is 1. The van der Waals surface area contributed by atoms with Gasteiger partial charge in [-0.3, -0.25) is 14.3 Å². The van der Waals surface area contributed by atoms with Gasteiger partial charge in [0.25, 0.3) is 0 Å². The SMILES string of the molecule is CCc1nc(CN2CCn3nc([C@H](O)c4ccnn4C)cc3C2)cs1. The number of aliphatic hydroxyl groups excluding tert-OH is 1. The van der Waals surface area contributed by atoms with E-state index < -0.39 is 6.10 Å². The Bertz CT molecular complexity index is 866. The molecule has 1 aliphatic heterocycles. The maximum Gasteiger partial charge on any atom is 0.139 e. The second-order valence-corrected chi connectivity index (χ2v) is 7.31. The van der Waals surface area contributed by atoms with Gasteiger partial charge < -0.3 is 5.11 Å². The van der Waals surface area contributed by atoms with Crippen molar-refractivity contribution in [2.75, 3.05) is 6.54 Å². The van der Waals surface area contributed by atoms with Gasteiger partial charge in [-0.1, -0.05) is 6.92 Å². The van der Waals surface area contributed by atoms with Crippen LogP contribution >= 0.6 is 11.3 Å². The molecule has 8 heteroatoms. The van der Waals surface area contributed by atoms with Crippen molar-refractivity contribution in [2.45, 2.75) is 39.1 Å². The summed E-state index contributed by atoms with van der Waals surface area (Å²) in [4.78, 5) is 7.04. The fourth-order valence-corrected chi connectivity index (χ4v) is 3.96. The quantitative estimate of drug-likeness (QED) is 0.752. The third kappa shape index (κ3) is 3.24. The molecule has 132 valence electrons. The van der Waals surface area contributed by atoms with Crippen molar-refractivity contribution in [3.8, 4) is 0 Å². The highest BCUT2D eigenvalue weighted by Crippen LogP contribution is 2.24. The summed E-state index contributed by atoms with van der Waals surface area (Å²) in [6.07, 6.45) is 1.94. The lowest BCUT2D eigenvalue weighted by Gasteiger charge is -2.26. The van der Waals surface area contributed by atoms with Crippen LogP contribution in [0.1, 0.15) is 40.8 Å². The summed E-state index contributed by atoms with van der Waals surface area (Å²) in [6, 6.07) is 3.82. The lowest BCUT2D eigenvalue weighted by molar-refractivity contribution is 0.195. The Kier molecular flexibility index (Phi) is 4.41. The van der Waals surface area contributed by atoms with Crippen molar-refractivity contribution >= 4 is 11.3 Å². The van der Waals surface area contributed by atoms with Gasteiger partial charge >= 0.3 is 0 Å². The molecule has 7 nitrogen and oxygen atoms in total. The molecule has 0 radical (unpaired) electrons. The van der Waals surface area contributed by atoms with Crippen LogP contribution < -0.4 is 0 Å². The Balaban J connectivity index is 1.48. The highest BCUT2D eigenvalue weighted by atomic mass is 32.1. The maximum atomic E-state index is 10.6. The Morgan fingerprint density at radius 3 is 2.96 bits per heavy atom. The third-order valence-electron chi connectivity index (χ3n) is 4.60. The van der Waals surface area contributed by atoms with Crippen LogP contribution in [0.15, 0.2) is 23.7 Å². The Morgan fingerprint density at radius 2 is 2.24 bits per heavy atom. The van der Waals surface area contributed by atoms with Gasteiger partial charge in [0.05, 0.1) is 34.3 Å². The summed E-state index contributed by atoms with van der Waals surface area (Å²) in [5.41, 5.74) is 3.71. The zero-order valence-corrected chi connectivity index (χ0v) is 15.3. The minimum atomic E-state index is -0.746. The monoisotopic (exact) mass is 358 g/mol. The summed E-state index contributed by atoms with van der Waals surface area (Å²) < 4.78 is 3.69. The van der Waals surface area contributed by atoms with Crippen LogP contribution in [-0.2, 0) is 33.1 Å². The number of aliphatic hydroxyl groups is 1. The summed E-state index contributed by atoms with van der Waals surface area (Å²) in [5.74, 6) is 0. The normalized spacial score (nSPS) is 16.1. The number of fused-ring (bicyclic) bond motifs is 1. The zero-order valence-electron chi connectivity index (χ0n) is 14.5. The van der Waals surface area contributed by atoms with Gasteiger partial charge in [0, 0.05) is 38.3 Å². The largest absolute Gasteiger partial charge is 0.380 e. The smallest absolute Gasteiger partial charge is 0.139 e. The molecule has 0 bridgehead atoms. The first kappa shape index (κ1) is 16.4. The van der Waals surface area contributed by atoms with Crippen molar-refractivity contribution < 1.29 is 5.11 Å². The van der Waals surface area contributed by atoms with Crippen LogP contribution in [0.4, 0.5) is 0 Å². The third-order valence-corrected chi connectivity index (χ3v) is 5.64. The number of hydrogen-bond donors (Lipinski definition) is 1. The molecule has 0 saturated carbocycles. The van der Waals surface area contributed by atoms with Gasteiger partial charge in [-0.2, -0.15) is 10.2 Å². The van der Waals surface area contributed by atoms with Crippen LogP contribution in [-0.4, -0.2) is 41.1 Å². The van der Waals surface area contributed by atoms with Gasteiger partial charge in [0.2, 0.25) is 0 Å². The minimum absolute atomic E-state index is 0.683. The van der Waals surface area contributed by atoms with E-state index in [4.69, 9.17) is 0 Å². The molecule has 3 aromatic heterocycles. The summed E-state index contributed by atoms with van der Waals surface area (Å²) in [6.45, 7) is 5.59. The predicted octanol–water partition coefficient (Wildman–Crippen LogP) is 1.73. The molecule has 1 N–H and O–H groups in total. The second kappa shape index (κ2) is 6.70. The molecule has 0 aromatic carbocycles. The predicted molar refractivity (Wildman–Crippen MR) is 95.1 cm³/mol. The van der Waals surface area contributed by atoms with Crippen molar-refractivity contribution in [2.24, 2.45) is 7.05 Å². The van der Waals surface area contributed by atoms with Crippen molar-refractivity contribution in [3.05, 3.63) is 51.5 Å². The van der Waals surface area contributed by atoms with E-state index in [1.165, 1.54) is 5.01 Å². The summed E-state index contributed by atoms with van der Waals surface area (Å²) >= 11 is 1.73. The molecule has 0 amide bonds. The zero-order chi connectivity index (χ0) is 17.4. The van der Waals surface area contributed by atoms with Crippen LogP contribution in [0, 0.1) is 0 Å². The summed E-state index contributed by atoms with van der Waals surface area (Å²) in [7, 11) is 1.83. The standard InChI is InChI=1S/C17H22N6OS/c1-3-16-19-12(11-25-16)9-22-6-7-23-13(10-22)8-14(20-23)17(24)15-4-5-18-21(15)2/h4-5,8,11,17,24H,3,6-7,9-10H2,1-2H3/t17-/m0/s1. The van der Waals surface area contributed by atoms with Gasteiger partial charge in [-0.15, -0.1) is 11.3 Å². The molecule has 4 rings (SSSR count). The number of rotatable bonds is 5. The summed E-state index contributed by atoms with van der Waals surface area (Å²) in [5, 5.41) is 22.6. The van der Waals surface area contributed by atoms with E-state index in [1.807, 2.05) is 23.9 Å². The second-order valence-electron chi connectivity index (χ2n) is 6.36. The van der Waals surface area contributed by atoms with Crippen LogP contribution in [0.25, 0.3) is 0 Å². The number of aromatic nitrogens is 5. The molecule has 1 atom stereocenters. The van der Waals surface area contributed by atoms with Gasteiger partial charge in [-0.25, -0.2) is 4.98 Å². The van der Waals surface area contributed by atoms with E-state index in [0.717, 1.165) is 49.7 Å². The van der Waals surface area contributed by atoms with Gasteiger partial charge in [0.15, 0.2) is 0 Å². The molecule has 3 aromatic rings. The fraction of sp³-hybridized carbons (Fsp3) is 0.471. The first-order valence-corrected chi connectivity index (χ1v) is 9.40.